The van der Waals surface area contributed by atoms with Gasteiger partial charge in [0, 0.05) is 12.1 Å². The van der Waals surface area contributed by atoms with Gasteiger partial charge in [0.1, 0.15) is 0 Å². The first-order valence-electron chi connectivity index (χ1n) is 3.14. The number of nitro benzene ring substituents is 1. The molecule has 0 aromatic heterocycles. The molecule has 1 aromatic carbocycles. The Bertz CT molecular complexity index is 305. The van der Waals surface area contributed by atoms with Crippen LogP contribution < -0.4 is 0 Å². The zero-order valence-electron chi connectivity index (χ0n) is 6.01. The Hall–Kier alpha value is -1.91. The molecule has 1 aromatic rings. The van der Waals surface area contributed by atoms with Gasteiger partial charge in [0.2, 0.25) is 0 Å². The zero-order chi connectivity index (χ0) is 8.97. The Morgan fingerprint density at radius 1 is 1.33 bits per heavy atom. The van der Waals surface area contributed by atoms with Crippen molar-refractivity contribution in [3.63, 3.8) is 0 Å². The van der Waals surface area contributed by atoms with Gasteiger partial charge < -0.3 is 0 Å². The lowest BCUT2D eigenvalue weighted by Gasteiger charge is -1.90. The van der Waals surface area contributed by atoms with Gasteiger partial charge in [-0.25, -0.2) is 0 Å². The van der Waals surface area contributed by atoms with Crippen molar-refractivity contribution in [2.24, 2.45) is 5.16 Å². The molecule has 12 heavy (non-hydrogen) atoms. The highest BCUT2D eigenvalue weighted by atomic mass is 16.6. The molecule has 5 nitrogen and oxygen atoms in total. The van der Waals surface area contributed by atoms with Crippen LogP contribution >= 0.6 is 0 Å². The molecule has 0 unspecified atom stereocenters. The molecular formula is C7H5N2O3. The lowest BCUT2D eigenvalue weighted by atomic mass is 10.2. The summed E-state index contributed by atoms with van der Waals surface area (Å²) in [5, 5.41) is 22.5. The van der Waals surface area contributed by atoms with Crippen LogP contribution in [0.2, 0.25) is 0 Å². The van der Waals surface area contributed by atoms with E-state index in [1.807, 2.05) is 0 Å². The summed E-state index contributed by atoms with van der Waals surface area (Å²) < 4.78 is 0. The van der Waals surface area contributed by atoms with E-state index in [9.17, 15) is 15.3 Å². The van der Waals surface area contributed by atoms with Crippen molar-refractivity contribution in [1.29, 1.82) is 0 Å². The SMILES string of the molecule is [O]N=Cc1ccc([N+](=O)[O-])cc1. The fraction of sp³-hybridized carbons (Fsp3) is 0. The van der Waals surface area contributed by atoms with Crippen molar-refractivity contribution in [2.45, 2.75) is 0 Å². The molecule has 1 rings (SSSR count). The molecule has 0 saturated heterocycles. The van der Waals surface area contributed by atoms with Crippen molar-refractivity contribution < 1.29 is 10.1 Å². The number of rotatable bonds is 2. The Balaban J connectivity index is 2.93. The summed E-state index contributed by atoms with van der Waals surface area (Å²) in [4.78, 5) is 9.68. The molecule has 0 spiro atoms. The van der Waals surface area contributed by atoms with Crippen molar-refractivity contribution in [3.8, 4) is 0 Å². The Morgan fingerprint density at radius 2 is 1.92 bits per heavy atom. The second-order valence-electron chi connectivity index (χ2n) is 2.08. The fourth-order valence-corrected chi connectivity index (χ4v) is 0.743. The number of nitrogens with zero attached hydrogens (tertiary/aromatic N) is 2. The first-order valence-corrected chi connectivity index (χ1v) is 3.14. The summed E-state index contributed by atoms with van der Waals surface area (Å²) in [7, 11) is 0. The molecule has 5 heteroatoms. The minimum atomic E-state index is -0.502. The van der Waals surface area contributed by atoms with Crippen molar-refractivity contribution in [2.75, 3.05) is 0 Å². The minimum Gasteiger partial charge on any atom is -0.258 e. The van der Waals surface area contributed by atoms with Gasteiger partial charge in [-0.3, -0.25) is 10.1 Å². The van der Waals surface area contributed by atoms with E-state index < -0.39 is 4.92 Å². The van der Waals surface area contributed by atoms with E-state index in [1.165, 1.54) is 24.3 Å². The van der Waals surface area contributed by atoms with Gasteiger partial charge in [-0.15, -0.1) is 5.21 Å². The van der Waals surface area contributed by atoms with Crippen LogP contribution in [0.25, 0.3) is 0 Å². The largest absolute Gasteiger partial charge is 0.269 e. The molecule has 0 aliphatic carbocycles. The maximum atomic E-state index is 10.2. The predicted molar refractivity (Wildman–Crippen MR) is 41.4 cm³/mol. The van der Waals surface area contributed by atoms with Crippen LogP contribution in [0.3, 0.4) is 0 Å². The highest BCUT2D eigenvalue weighted by molar-refractivity contribution is 5.79. The lowest BCUT2D eigenvalue weighted by molar-refractivity contribution is -0.384. The molecule has 0 bridgehead atoms. The van der Waals surface area contributed by atoms with Gasteiger partial charge in [-0.1, -0.05) is 0 Å². The van der Waals surface area contributed by atoms with Gasteiger partial charge in [0.25, 0.3) is 5.69 Å². The molecule has 0 N–H and O–H groups in total. The summed E-state index contributed by atoms with van der Waals surface area (Å²) in [6, 6.07) is 5.55. The fourth-order valence-electron chi connectivity index (χ4n) is 0.743. The van der Waals surface area contributed by atoms with E-state index in [1.54, 1.807) is 0 Å². The molecule has 0 amide bonds. The van der Waals surface area contributed by atoms with Crippen LogP contribution in [0.1, 0.15) is 5.56 Å². The average molecular weight is 165 g/mol. The maximum Gasteiger partial charge on any atom is 0.269 e. The maximum absolute atomic E-state index is 10.2. The van der Waals surface area contributed by atoms with Crippen LogP contribution in [0.4, 0.5) is 5.69 Å². The van der Waals surface area contributed by atoms with Gasteiger partial charge >= 0.3 is 0 Å². The Kier molecular flexibility index (Phi) is 2.37. The van der Waals surface area contributed by atoms with Crippen LogP contribution in [0.5, 0.6) is 0 Å². The Morgan fingerprint density at radius 3 is 2.33 bits per heavy atom. The first-order chi connectivity index (χ1) is 5.74. The lowest BCUT2D eigenvalue weighted by Crippen LogP contribution is -1.87. The second kappa shape index (κ2) is 3.47. The van der Waals surface area contributed by atoms with Gasteiger partial charge in [0.05, 0.1) is 11.1 Å². The van der Waals surface area contributed by atoms with Crippen molar-refractivity contribution in [1.82, 2.24) is 0 Å². The number of nitro groups is 1. The smallest absolute Gasteiger partial charge is 0.258 e. The summed E-state index contributed by atoms with van der Waals surface area (Å²) in [6.07, 6.45) is 1.09. The predicted octanol–water partition coefficient (Wildman–Crippen LogP) is 1.36. The summed E-state index contributed by atoms with van der Waals surface area (Å²) in [6.45, 7) is 0. The molecule has 0 saturated carbocycles. The third-order valence-corrected chi connectivity index (χ3v) is 1.31. The second-order valence-corrected chi connectivity index (χ2v) is 2.08. The molecule has 0 fully saturated rings. The Labute approximate surface area is 68.1 Å². The van der Waals surface area contributed by atoms with Crippen LogP contribution in [-0.2, 0) is 5.21 Å². The summed E-state index contributed by atoms with van der Waals surface area (Å²) in [5.41, 5.74) is 0.550. The van der Waals surface area contributed by atoms with Crippen LogP contribution in [-0.4, -0.2) is 11.1 Å². The average Bonchev–Trinajstić information content (AvgIpc) is 2.06. The van der Waals surface area contributed by atoms with Crippen LogP contribution in [0, 0.1) is 10.1 Å². The first kappa shape index (κ1) is 8.19. The van der Waals surface area contributed by atoms with E-state index in [0.717, 1.165) is 6.21 Å². The third kappa shape index (κ3) is 1.79. The van der Waals surface area contributed by atoms with E-state index >= 15 is 0 Å². The molecular weight excluding hydrogens is 160 g/mol. The molecule has 0 aliphatic rings. The van der Waals surface area contributed by atoms with Gasteiger partial charge in [-0.05, 0) is 22.9 Å². The van der Waals surface area contributed by atoms with Crippen molar-refractivity contribution >= 4 is 11.9 Å². The normalized spacial score (nSPS) is 10.3. The van der Waals surface area contributed by atoms with E-state index in [2.05, 4.69) is 5.16 Å². The highest BCUT2D eigenvalue weighted by Gasteiger charge is 2.02. The topological polar surface area (TPSA) is 75.4 Å². The molecule has 61 valence electrons. The zero-order valence-corrected chi connectivity index (χ0v) is 6.01. The number of hydrogen-bond acceptors (Lipinski definition) is 3. The van der Waals surface area contributed by atoms with Gasteiger partial charge in [-0.2, -0.15) is 0 Å². The van der Waals surface area contributed by atoms with E-state index in [4.69, 9.17) is 0 Å². The highest BCUT2D eigenvalue weighted by Crippen LogP contribution is 2.10. The quantitative estimate of drug-likeness (QED) is 0.377. The van der Waals surface area contributed by atoms with E-state index in [-0.39, 0.29) is 5.69 Å². The summed E-state index contributed by atoms with van der Waals surface area (Å²) in [5.74, 6) is 0. The molecule has 0 atom stereocenters. The summed E-state index contributed by atoms with van der Waals surface area (Å²) >= 11 is 0. The third-order valence-electron chi connectivity index (χ3n) is 1.31. The molecule has 0 aliphatic heterocycles. The van der Waals surface area contributed by atoms with Crippen LogP contribution in [0.15, 0.2) is 29.4 Å². The molecule has 0 heterocycles. The minimum absolute atomic E-state index is 0.00181. The standard InChI is InChI=1S/C7H5N2O3/c10-8-5-6-1-3-7(4-2-6)9(11)12/h1-5H. The monoisotopic (exact) mass is 165 g/mol. The molecule has 1 radical (unpaired) electrons. The van der Waals surface area contributed by atoms with E-state index in [0.29, 0.717) is 5.56 Å². The number of non-ortho nitro benzene ring substituents is 1. The van der Waals surface area contributed by atoms with Crippen molar-refractivity contribution in [3.05, 3.63) is 39.9 Å². The number of hydrogen-bond donors (Lipinski definition) is 0. The number of benzene rings is 1. The van der Waals surface area contributed by atoms with Gasteiger partial charge in [0.15, 0.2) is 0 Å².